The van der Waals surface area contributed by atoms with E-state index in [0.29, 0.717) is 44.2 Å². The zero-order valence-electron chi connectivity index (χ0n) is 21.8. The topological polar surface area (TPSA) is 107 Å². The summed E-state index contributed by atoms with van der Waals surface area (Å²) in [4.78, 5) is 33.1. The number of imidazole rings is 1. The first-order valence-corrected chi connectivity index (χ1v) is 13.6. The number of carbonyl (C=O) groups excluding carboxylic acids is 1. The maximum absolute atomic E-state index is 13.3. The van der Waals surface area contributed by atoms with Crippen molar-refractivity contribution in [3.05, 3.63) is 30.5 Å². The molecule has 4 heterocycles. The van der Waals surface area contributed by atoms with Crippen LogP contribution >= 0.6 is 23.3 Å². The van der Waals surface area contributed by atoms with Crippen molar-refractivity contribution in [2.24, 2.45) is 0 Å². The largest absolute Gasteiger partial charge is 0.379 e. The summed E-state index contributed by atoms with van der Waals surface area (Å²) in [5.41, 5.74) is 2.96. The second-order valence-corrected chi connectivity index (χ2v) is 7.73. The third kappa shape index (κ3) is 6.87. The van der Waals surface area contributed by atoms with Crippen molar-refractivity contribution in [2.45, 2.75) is 53.3 Å². The van der Waals surface area contributed by atoms with Crippen LogP contribution in [0.25, 0.3) is 22.6 Å². The number of aromatic nitrogens is 5. The van der Waals surface area contributed by atoms with E-state index in [0.717, 1.165) is 22.7 Å². The predicted molar refractivity (Wildman–Crippen MR) is 150 cm³/mol. The van der Waals surface area contributed by atoms with Crippen LogP contribution in [0.1, 0.15) is 33.5 Å². The van der Waals surface area contributed by atoms with Gasteiger partial charge in [-0.1, -0.05) is 13.8 Å². The highest BCUT2D eigenvalue weighted by atomic mass is 33.1. The highest BCUT2D eigenvalue weighted by Gasteiger charge is 2.31. The standard InChI is InChI=1S/C22H29N7O3.C2H6.H2S2/c1-5-29-20(16-12-24-15(3)25-13-16)27-19-17(6-7-23-21(19)29)26-18(14(2)31-4)22(30)28-8-10-32-11-9-28;2*1-2/h6-7,12-14,18H,5,8-11H2,1-4H3,(H,23,26);1-2H3;1-2H. The minimum Gasteiger partial charge on any atom is -0.379 e. The number of fused-ring (bicyclic) bond motifs is 1. The van der Waals surface area contributed by atoms with E-state index in [1.54, 1.807) is 25.7 Å². The summed E-state index contributed by atoms with van der Waals surface area (Å²) in [5.74, 6) is 1.42. The highest BCUT2D eigenvalue weighted by Crippen LogP contribution is 2.28. The second kappa shape index (κ2) is 15.0. The van der Waals surface area contributed by atoms with Crippen LogP contribution in [0.5, 0.6) is 0 Å². The normalized spacial score (nSPS) is 14.7. The molecule has 4 rings (SSSR count). The molecule has 2 atom stereocenters. The summed E-state index contributed by atoms with van der Waals surface area (Å²) >= 11 is 6.44. The van der Waals surface area contributed by atoms with Gasteiger partial charge < -0.3 is 24.3 Å². The lowest BCUT2D eigenvalue weighted by Crippen LogP contribution is -2.52. The molecule has 1 saturated heterocycles. The molecule has 2 unspecified atom stereocenters. The van der Waals surface area contributed by atoms with Crippen molar-refractivity contribution < 1.29 is 14.3 Å². The molecule has 198 valence electrons. The number of rotatable bonds is 7. The Morgan fingerprint density at radius 1 is 1.19 bits per heavy atom. The number of amides is 1. The molecule has 3 aromatic heterocycles. The molecular weight excluding hydrogens is 498 g/mol. The minimum absolute atomic E-state index is 0.0188. The molecule has 0 bridgehead atoms. The third-order valence-corrected chi connectivity index (χ3v) is 5.73. The molecular formula is C24H37N7O3S2. The molecule has 0 spiro atoms. The van der Waals surface area contributed by atoms with Gasteiger partial charge in [0.2, 0.25) is 5.91 Å². The monoisotopic (exact) mass is 535 g/mol. The number of ether oxygens (including phenoxy) is 2. The molecule has 10 nitrogen and oxygen atoms in total. The van der Waals surface area contributed by atoms with Crippen LogP contribution in [0, 0.1) is 6.92 Å². The van der Waals surface area contributed by atoms with Crippen molar-refractivity contribution in [1.82, 2.24) is 29.4 Å². The maximum atomic E-state index is 13.3. The van der Waals surface area contributed by atoms with Crippen molar-refractivity contribution in [3.8, 4) is 11.4 Å². The van der Waals surface area contributed by atoms with Gasteiger partial charge in [-0.05, 0) is 26.8 Å². The van der Waals surface area contributed by atoms with Crippen LogP contribution < -0.4 is 5.32 Å². The summed E-state index contributed by atoms with van der Waals surface area (Å²) in [7, 11) is 1.61. The molecule has 36 heavy (non-hydrogen) atoms. The van der Waals surface area contributed by atoms with Crippen molar-refractivity contribution in [2.75, 3.05) is 38.7 Å². The van der Waals surface area contributed by atoms with E-state index >= 15 is 0 Å². The van der Waals surface area contributed by atoms with E-state index in [1.165, 1.54) is 0 Å². The molecule has 0 aliphatic carbocycles. The zero-order valence-corrected chi connectivity index (χ0v) is 23.6. The van der Waals surface area contributed by atoms with E-state index < -0.39 is 6.04 Å². The zero-order chi connectivity index (χ0) is 26.7. The number of pyridine rings is 1. The van der Waals surface area contributed by atoms with Crippen LogP contribution in [0.3, 0.4) is 0 Å². The van der Waals surface area contributed by atoms with Crippen LogP contribution in [-0.2, 0) is 20.8 Å². The SMILES string of the molecule is CC.CCn1c(-c2cnc(C)nc2)nc2c(NC(C(=O)N3CCOCC3)C(C)OC)ccnc21.SS. The highest BCUT2D eigenvalue weighted by molar-refractivity contribution is 8.59. The Morgan fingerprint density at radius 3 is 2.42 bits per heavy atom. The number of methoxy groups -OCH3 is 1. The van der Waals surface area contributed by atoms with Gasteiger partial charge in [-0.2, -0.15) is 0 Å². The first kappa shape index (κ1) is 29.8. The lowest BCUT2D eigenvalue weighted by molar-refractivity contribution is -0.138. The molecule has 0 saturated carbocycles. The van der Waals surface area contributed by atoms with Crippen LogP contribution in [0.15, 0.2) is 24.7 Å². The Bertz CT molecular complexity index is 1090. The van der Waals surface area contributed by atoms with E-state index in [9.17, 15) is 4.79 Å². The number of hydrogen-bond acceptors (Lipinski definition) is 10. The van der Waals surface area contributed by atoms with Gasteiger partial charge in [-0.15, -0.1) is 23.3 Å². The Hall–Kier alpha value is -2.41. The number of anilines is 1. The van der Waals surface area contributed by atoms with Crippen molar-refractivity contribution in [1.29, 1.82) is 0 Å². The molecule has 1 N–H and O–H groups in total. The minimum atomic E-state index is -0.568. The number of morpholine rings is 1. The summed E-state index contributed by atoms with van der Waals surface area (Å²) in [6, 6.07) is 1.27. The van der Waals surface area contributed by atoms with Gasteiger partial charge in [-0.3, -0.25) is 4.79 Å². The number of nitrogens with zero attached hydrogens (tertiary/aromatic N) is 6. The van der Waals surface area contributed by atoms with E-state index in [-0.39, 0.29) is 12.0 Å². The molecule has 0 radical (unpaired) electrons. The average Bonchev–Trinajstić information content (AvgIpc) is 3.33. The van der Waals surface area contributed by atoms with Gasteiger partial charge in [-0.25, -0.2) is 19.9 Å². The van der Waals surface area contributed by atoms with Crippen LogP contribution in [0.4, 0.5) is 5.69 Å². The number of thiol groups is 2. The Kier molecular flexibility index (Phi) is 12.4. The second-order valence-electron chi connectivity index (χ2n) is 7.73. The fourth-order valence-electron chi connectivity index (χ4n) is 3.83. The van der Waals surface area contributed by atoms with Crippen molar-refractivity contribution >= 4 is 46.1 Å². The van der Waals surface area contributed by atoms with E-state index in [4.69, 9.17) is 14.5 Å². The summed E-state index contributed by atoms with van der Waals surface area (Å²) < 4.78 is 13.0. The molecule has 1 aliphatic rings. The van der Waals surface area contributed by atoms with Crippen molar-refractivity contribution in [3.63, 3.8) is 0 Å². The molecule has 1 amide bonds. The predicted octanol–water partition coefficient (Wildman–Crippen LogP) is 3.68. The average molecular weight is 536 g/mol. The lowest BCUT2D eigenvalue weighted by atomic mass is 10.1. The summed E-state index contributed by atoms with van der Waals surface area (Å²) in [5, 5.41) is 3.39. The van der Waals surface area contributed by atoms with Crippen LogP contribution in [0.2, 0.25) is 0 Å². The van der Waals surface area contributed by atoms with Gasteiger partial charge in [0.25, 0.3) is 0 Å². The van der Waals surface area contributed by atoms with Gasteiger partial charge in [0.15, 0.2) is 5.65 Å². The lowest BCUT2D eigenvalue weighted by Gasteiger charge is -2.33. The molecule has 3 aromatic rings. The molecule has 12 heteroatoms. The Balaban J connectivity index is 0.00000109. The first-order chi connectivity index (χ1) is 17.5. The number of aryl methyl sites for hydroxylation is 2. The summed E-state index contributed by atoms with van der Waals surface area (Å²) in [6.07, 6.45) is 4.91. The molecule has 1 aliphatic heterocycles. The van der Waals surface area contributed by atoms with Gasteiger partial charge in [0.05, 0.1) is 30.6 Å². The number of nitrogens with one attached hydrogen (secondary N) is 1. The molecule has 1 fully saturated rings. The first-order valence-electron chi connectivity index (χ1n) is 12.0. The number of carbonyl (C=O) groups is 1. The Labute approximate surface area is 223 Å². The smallest absolute Gasteiger partial charge is 0.247 e. The van der Waals surface area contributed by atoms with E-state index in [1.807, 2.05) is 50.2 Å². The van der Waals surface area contributed by atoms with Gasteiger partial charge >= 0.3 is 0 Å². The quantitative estimate of drug-likeness (QED) is 0.311. The molecule has 0 aromatic carbocycles. The van der Waals surface area contributed by atoms with Gasteiger partial charge in [0.1, 0.15) is 23.2 Å². The Morgan fingerprint density at radius 2 is 1.83 bits per heavy atom. The van der Waals surface area contributed by atoms with E-state index in [2.05, 4.69) is 43.6 Å². The fraction of sp³-hybridized carbons (Fsp3) is 0.542. The number of hydrogen-bond donors (Lipinski definition) is 3. The van der Waals surface area contributed by atoms with Gasteiger partial charge in [0, 0.05) is 45.3 Å². The summed E-state index contributed by atoms with van der Waals surface area (Å²) in [6.45, 7) is 12.7. The third-order valence-electron chi connectivity index (χ3n) is 5.73. The van der Waals surface area contributed by atoms with Crippen LogP contribution in [-0.4, -0.2) is 80.9 Å². The fourth-order valence-corrected chi connectivity index (χ4v) is 3.83. The maximum Gasteiger partial charge on any atom is 0.247 e.